The Morgan fingerprint density at radius 2 is 2.03 bits per heavy atom. The molecule has 9 heteroatoms. The molecule has 8 nitrogen and oxygen atoms in total. The summed E-state index contributed by atoms with van der Waals surface area (Å²) in [6.07, 6.45) is 1.63. The van der Waals surface area contributed by atoms with E-state index in [4.69, 9.17) is 10.5 Å². The van der Waals surface area contributed by atoms with Crippen LogP contribution in [0.15, 0.2) is 40.9 Å². The van der Waals surface area contributed by atoms with E-state index < -0.39 is 15.6 Å². The topological polar surface area (TPSA) is 124 Å². The number of fused-ring (bicyclic) bond motifs is 1. The number of hydrogen-bond donors (Lipinski definition) is 2. The Hall–Kier alpha value is -2.94. The molecule has 3 rings (SSSR count). The minimum absolute atomic E-state index is 0.0910. The van der Waals surface area contributed by atoms with Gasteiger partial charge in [-0.3, -0.25) is 9.78 Å². The van der Waals surface area contributed by atoms with Crippen molar-refractivity contribution in [2.45, 2.75) is 44.9 Å². The SMILES string of the molecule is CC(C)c1cc(C(=O)NC(C)(C)COc2cccc3c2C(N)=NS(=O)(=O)C3)ccn1. The van der Waals surface area contributed by atoms with Crippen LogP contribution < -0.4 is 15.8 Å². The van der Waals surface area contributed by atoms with Gasteiger partial charge in [0.05, 0.1) is 16.9 Å². The van der Waals surface area contributed by atoms with Crippen molar-refractivity contribution < 1.29 is 17.9 Å². The molecule has 3 N–H and O–H groups in total. The second-order valence-electron chi connectivity index (χ2n) is 8.24. The molecule has 1 aromatic heterocycles. The van der Waals surface area contributed by atoms with Gasteiger partial charge in [-0.1, -0.05) is 26.0 Å². The molecule has 1 amide bonds. The first kappa shape index (κ1) is 21.8. The van der Waals surface area contributed by atoms with Crippen LogP contribution in [0, 0.1) is 0 Å². The summed E-state index contributed by atoms with van der Waals surface area (Å²) in [5.41, 5.74) is 7.56. The average molecular weight is 431 g/mol. The van der Waals surface area contributed by atoms with Crippen molar-refractivity contribution in [1.29, 1.82) is 0 Å². The third kappa shape index (κ3) is 4.96. The first-order valence-corrected chi connectivity index (χ1v) is 11.2. The van der Waals surface area contributed by atoms with Crippen molar-refractivity contribution in [3.63, 3.8) is 0 Å². The second-order valence-corrected chi connectivity index (χ2v) is 9.88. The molecule has 160 valence electrons. The molecule has 0 saturated heterocycles. The monoisotopic (exact) mass is 430 g/mol. The van der Waals surface area contributed by atoms with Gasteiger partial charge in [-0.15, -0.1) is 4.40 Å². The Morgan fingerprint density at radius 3 is 2.73 bits per heavy atom. The van der Waals surface area contributed by atoms with Crippen molar-refractivity contribution in [1.82, 2.24) is 10.3 Å². The zero-order chi connectivity index (χ0) is 22.1. The van der Waals surface area contributed by atoms with Crippen molar-refractivity contribution in [3.8, 4) is 5.75 Å². The Bertz CT molecular complexity index is 1110. The van der Waals surface area contributed by atoms with E-state index >= 15 is 0 Å². The fourth-order valence-corrected chi connectivity index (χ4v) is 4.20. The predicted molar refractivity (Wildman–Crippen MR) is 115 cm³/mol. The van der Waals surface area contributed by atoms with Crippen molar-refractivity contribution in [3.05, 3.63) is 58.9 Å². The normalized spacial score (nSPS) is 15.3. The number of rotatable bonds is 6. The quantitative estimate of drug-likeness (QED) is 0.725. The van der Waals surface area contributed by atoms with E-state index in [0.717, 1.165) is 5.69 Å². The smallest absolute Gasteiger partial charge is 0.259 e. The Kier molecular flexibility index (Phi) is 5.85. The number of hydrogen-bond acceptors (Lipinski definition) is 6. The van der Waals surface area contributed by atoms with E-state index in [-0.39, 0.29) is 30.0 Å². The number of nitrogens with zero attached hydrogens (tertiary/aromatic N) is 2. The molecule has 0 aliphatic carbocycles. The molecule has 30 heavy (non-hydrogen) atoms. The minimum Gasteiger partial charge on any atom is -0.490 e. The summed E-state index contributed by atoms with van der Waals surface area (Å²) >= 11 is 0. The summed E-state index contributed by atoms with van der Waals surface area (Å²) in [5.74, 6) is 0.105. The number of amidine groups is 1. The number of pyridine rings is 1. The zero-order valence-corrected chi connectivity index (χ0v) is 18.3. The highest BCUT2D eigenvalue weighted by atomic mass is 32.2. The summed E-state index contributed by atoms with van der Waals surface area (Å²) in [6.45, 7) is 7.86. The Labute approximate surface area is 176 Å². The maximum absolute atomic E-state index is 12.7. The number of nitrogens with one attached hydrogen (secondary N) is 1. The fraction of sp³-hybridized carbons (Fsp3) is 0.381. The molecule has 0 saturated carbocycles. The van der Waals surface area contributed by atoms with Crippen molar-refractivity contribution in [2.24, 2.45) is 10.1 Å². The average Bonchev–Trinajstić information content (AvgIpc) is 2.65. The number of amides is 1. The molecular formula is C21H26N4O4S. The number of benzene rings is 1. The van der Waals surface area contributed by atoms with Gasteiger partial charge in [0.2, 0.25) is 0 Å². The minimum atomic E-state index is -3.62. The van der Waals surface area contributed by atoms with E-state index in [1.165, 1.54) is 0 Å². The van der Waals surface area contributed by atoms with E-state index in [9.17, 15) is 13.2 Å². The lowest BCUT2D eigenvalue weighted by atomic mass is 10.0. The maximum atomic E-state index is 12.7. The summed E-state index contributed by atoms with van der Waals surface area (Å²) in [6, 6.07) is 8.54. The van der Waals surface area contributed by atoms with Gasteiger partial charge in [0.15, 0.2) is 0 Å². The van der Waals surface area contributed by atoms with Gasteiger partial charge in [-0.25, -0.2) is 8.42 Å². The highest BCUT2D eigenvalue weighted by Crippen LogP contribution is 2.28. The number of carbonyl (C=O) groups excluding carboxylic acids is 1. The molecule has 2 aromatic rings. The van der Waals surface area contributed by atoms with Gasteiger partial charge in [0.1, 0.15) is 18.2 Å². The lowest BCUT2D eigenvalue weighted by Gasteiger charge is -2.27. The molecule has 1 aliphatic rings. The molecule has 0 atom stereocenters. The largest absolute Gasteiger partial charge is 0.490 e. The molecule has 2 heterocycles. The first-order chi connectivity index (χ1) is 14.0. The van der Waals surface area contributed by atoms with Crippen molar-refractivity contribution >= 4 is 21.8 Å². The maximum Gasteiger partial charge on any atom is 0.259 e. The van der Waals surface area contributed by atoms with Crippen molar-refractivity contribution in [2.75, 3.05) is 6.61 Å². The van der Waals surface area contributed by atoms with E-state index in [1.807, 2.05) is 27.7 Å². The van der Waals surface area contributed by atoms with E-state index in [1.54, 1.807) is 36.5 Å². The Morgan fingerprint density at radius 1 is 1.30 bits per heavy atom. The number of carbonyl (C=O) groups is 1. The molecule has 0 radical (unpaired) electrons. The van der Waals surface area contributed by atoms with Crippen LogP contribution in [0.2, 0.25) is 0 Å². The first-order valence-electron chi connectivity index (χ1n) is 9.59. The number of aromatic nitrogens is 1. The van der Waals surface area contributed by atoms with E-state index in [0.29, 0.717) is 22.4 Å². The van der Waals surface area contributed by atoms with Crippen LogP contribution in [-0.4, -0.2) is 37.3 Å². The molecule has 1 aromatic carbocycles. The number of sulfonamides is 1. The Balaban J connectivity index is 1.73. The molecule has 0 fully saturated rings. The van der Waals surface area contributed by atoms with Crippen LogP contribution in [0.5, 0.6) is 5.75 Å². The summed E-state index contributed by atoms with van der Waals surface area (Å²) in [5, 5.41) is 2.96. The summed E-state index contributed by atoms with van der Waals surface area (Å²) in [4.78, 5) is 17.0. The van der Waals surface area contributed by atoms with E-state index in [2.05, 4.69) is 14.7 Å². The van der Waals surface area contributed by atoms with Crippen LogP contribution in [0.25, 0.3) is 0 Å². The molecule has 0 bridgehead atoms. The standard InChI is InChI=1S/C21H26N4O4S/c1-13(2)16-10-14(8-9-23-16)20(26)24-21(3,4)12-29-17-7-5-6-15-11-30(27,28)25-19(22)18(15)17/h5-10,13H,11-12H2,1-4H3,(H2,22,25)(H,24,26). The van der Waals surface area contributed by atoms with Crippen LogP contribution >= 0.6 is 0 Å². The van der Waals surface area contributed by atoms with Crippen LogP contribution in [-0.2, 0) is 15.8 Å². The third-order valence-electron chi connectivity index (χ3n) is 4.62. The van der Waals surface area contributed by atoms with Gasteiger partial charge in [-0.05, 0) is 43.5 Å². The van der Waals surface area contributed by atoms with Gasteiger partial charge < -0.3 is 15.8 Å². The second kappa shape index (κ2) is 8.06. The lowest BCUT2D eigenvalue weighted by molar-refractivity contribution is 0.0880. The fourth-order valence-electron chi connectivity index (χ4n) is 3.11. The number of ether oxygens (including phenoxy) is 1. The molecule has 0 unspecified atom stereocenters. The highest BCUT2D eigenvalue weighted by Gasteiger charge is 2.27. The van der Waals surface area contributed by atoms with Crippen LogP contribution in [0.3, 0.4) is 0 Å². The van der Waals surface area contributed by atoms with Crippen LogP contribution in [0.1, 0.15) is 60.8 Å². The summed E-state index contributed by atoms with van der Waals surface area (Å²) in [7, 11) is -3.62. The third-order valence-corrected chi connectivity index (χ3v) is 5.77. The predicted octanol–water partition coefficient (Wildman–Crippen LogP) is 2.34. The molecule has 1 aliphatic heterocycles. The number of nitrogens with two attached hydrogens (primary N) is 1. The van der Waals surface area contributed by atoms with Crippen LogP contribution in [0.4, 0.5) is 0 Å². The molecular weight excluding hydrogens is 404 g/mol. The summed E-state index contributed by atoms with van der Waals surface area (Å²) < 4.78 is 33.1. The van der Waals surface area contributed by atoms with Gasteiger partial charge in [0.25, 0.3) is 15.9 Å². The zero-order valence-electron chi connectivity index (χ0n) is 17.5. The molecule has 0 spiro atoms. The van der Waals surface area contributed by atoms with Gasteiger partial charge in [0, 0.05) is 17.5 Å². The van der Waals surface area contributed by atoms with Gasteiger partial charge in [-0.2, -0.15) is 0 Å². The van der Waals surface area contributed by atoms with Gasteiger partial charge >= 0.3 is 0 Å². The highest BCUT2D eigenvalue weighted by molar-refractivity contribution is 7.89. The lowest BCUT2D eigenvalue weighted by Crippen LogP contribution is -2.48.